The van der Waals surface area contributed by atoms with Crippen LogP contribution >= 0.6 is 11.3 Å². The minimum Gasteiger partial charge on any atom is -0.273 e. The summed E-state index contributed by atoms with van der Waals surface area (Å²) in [7, 11) is 0. The van der Waals surface area contributed by atoms with Crippen LogP contribution in [0.4, 0.5) is 0 Å². The fraction of sp³-hybridized carbons (Fsp3) is 0.429. The van der Waals surface area contributed by atoms with Crippen molar-refractivity contribution < 1.29 is 9.63 Å². The van der Waals surface area contributed by atoms with E-state index >= 15 is 0 Å². The van der Waals surface area contributed by atoms with Crippen molar-refractivity contribution in [3.05, 3.63) is 29.3 Å². The van der Waals surface area contributed by atoms with Crippen molar-refractivity contribution >= 4 is 27.5 Å². The van der Waals surface area contributed by atoms with E-state index in [0.717, 1.165) is 29.9 Å². The molecule has 2 aromatic rings. The van der Waals surface area contributed by atoms with Gasteiger partial charge in [0.1, 0.15) is 0 Å². The number of nitrogens with zero attached hydrogens (tertiary/aromatic N) is 2. The van der Waals surface area contributed by atoms with Gasteiger partial charge >= 0.3 is 0 Å². The number of aromatic nitrogens is 1. The highest BCUT2D eigenvalue weighted by Crippen LogP contribution is 2.22. The second-order valence-electron chi connectivity index (χ2n) is 4.61. The van der Waals surface area contributed by atoms with Crippen LogP contribution in [0.3, 0.4) is 0 Å². The van der Waals surface area contributed by atoms with Crippen molar-refractivity contribution in [3.63, 3.8) is 0 Å². The summed E-state index contributed by atoms with van der Waals surface area (Å²) >= 11 is 1.66. The van der Waals surface area contributed by atoms with Crippen molar-refractivity contribution in [1.82, 2.24) is 10.0 Å². The number of benzene rings is 1. The van der Waals surface area contributed by atoms with Gasteiger partial charge in [-0.05, 0) is 25.0 Å². The van der Waals surface area contributed by atoms with Crippen LogP contribution in [-0.4, -0.2) is 29.1 Å². The van der Waals surface area contributed by atoms with Gasteiger partial charge in [-0.3, -0.25) is 9.63 Å². The summed E-state index contributed by atoms with van der Waals surface area (Å²) in [4.78, 5) is 21.9. The molecule has 1 amide bonds. The molecule has 0 unspecified atom stereocenters. The highest BCUT2D eigenvalue weighted by Gasteiger charge is 2.17. The molecule has 1 fully saturated rings. The number of fused-ring (bicyclic) bond motifs is 1. The molecule has 5 heteroatoms. The zero-order valence-electron chi connectivity index (χ0n) is 10.7. The summed E-state index contributed by atoms with van der Waals surface area (Å²) in [6, 6.07) is 8.06. The zero-order chi connectivity index (χ0) is 13.1. The summed E-state index contributed by atoms with van der Waals surface area (Å²) in [6.45, 7) is 1.38. The average Bonchev–Trinajstić information content (AvgIpc) is 2.88. The molecule has 1 aliphatic heterocycles. The van der Waals surface area contributed by atoms with Gasteiger partial charge < -0.3 is 0 Å². The van der Waals surface area contributed by atoms with Gasteiger partial charge in [0.05, 0.1) is 21.8 Å². The van der Waals surface area contributed by atoms with Crippen LogP contribution in [-0.2, 0) is 16.1 Å². The molecule has 0 radical (unpaired) electrons. The smallest absolute Gasteiger partial charge is 0.246 e. The van der Waals surface area contributed by atoms with Gasteiger partial charge in [-0.15, -0.1) is 11.3 Å². The van der Waals surface area contributed by atoms with Gasteiger partial charge in [-0.2, -0.15) is 0 Å². The summed E-state index contributed by atoms with van der Waals surface area (Å²) in [6.07, 6.45) is 3.24. The van der Waals surface area contributed by atoms with Crippen molar-refractivity contribution in [2.24, 2.45) is 0 Å². The topological polar surface area (TPSA) is 42.4 Å². The first-order valence-electron chi connectivity index (χ1n) is 6.61. The Hall–Kier alpha value is -1.46. The van der Waals surface area contributed by atoms with Crippen molar-refractivity contribution in [1.29, 1.82) is 0 Å². The Kier molecular flexibility index (Phi) is 3.75. The number of carbonyl (C=O) groups excluding carboxylic acids is 1. The van der Waals surface area contributed by atoms with E-state index in [1.165, 1.54) is 9.76 Å². The Balaban J connectivity index is 1.60. The van der Waals surface area contributed by atoms with Crippen LogP contribution in [0.1, 0.15) is 24.3 Å². The van der Waals surface area contributed by atoms with E-state index in [9.17, 15) is 4.79 Å². The molecule has 0 N–H and O–H groups in total. The van der Waals surface area contributed by atoms with E-state index in [0.29, 0.717) is 19.4 Å². The minimum atomic E-state index is 0.0685. The molecule has 1 aromatic carbocycles. The molecule has 2 heterocycles. The van der Waals surface area contributed by atoms with Crippen LogP contribution in [0, 0.1) is 0 Å². The fourth-order valence-corrected chi connectivity index (χ4v) is 3.13. The first-order chi connectivity index (χ1) is 9.33. The highest BCUT2D eigenvalue weighted by molar-refractivity contribution is 7.18. The van der Waals surface area contributed by atoms with Crippen LogP contribution in [0.15, 0.2) is 24.3 Å². The van der Waals surface area contributed by atoms with E-state index in [-0.39, 0.29) is 5.91 Å². The molecule has 100 valence electrons. The molecule has 0 atom stereocenters. The van der Waals surface area contributed by atoms with Gasteiger partial charge in [0.15, 0.2) is 0 Å². The van der Waals surface area contributed by atoms with Crippen LogP contribution in [0.2, 0.25) is 0 Å². The molecular weight excluding hydrogens is 260 g/mol. The van der Waals surface area contributed by atoms with E-state index < -0.39 is 0 Å². The maximum Gasteiger partial charge on any atom is 0.246 e. The number of hydrogen-bond donors (Lipinski definition) is 0. The Morgan fingerprint density at radius 2 is 2.26 bits per heavy atom. The second-order valence-corrected chi connectivity index (χ2v) is 5.73. The summed E-state index contributed by atoms with van der Waals surface area (Å²) in [5, 5.41) is 2.53. The molecule has 19 heavy (non-hydrogen) atoms. The van der Waals surface area contributed by atoms with Gasteiger partial charge in [0, 0.05) is 19.4 Å². The first-order valence-corrected chi connectivity index (χ1v) is 7.42. The molecule has 1 aliphatic rings. The number of thiazole rings is 1. The van der Waals surface area contributed by atoms with E-state index in [1.807, 2.05) is 18.2 Å². The molecule has 0 aliphatic carbocycles. The zero-order valence-corrected chi connectivity index (χ0v) is 11.5. The largest absolute Gasteiger partial charge is 0.273 e. The number of hydroxylamine groups is 2. The quantitative estimate of drug-likeness (QED) is 0.865. The predicted molar refractivity (Wildman–Crippen MR) is 74.8 cm³/mol. The third kappa shape index (κ3) is 2.93. The third-order valence-corrected chi connectivity index (χ3v) is 4.27. The monoisotopic (exact) mass is 276 g/mol. The van der Waals surface area contributed by atoms with Crippen LogP contribution in [0.25, 0.3) is 10.2 Å². The van der Waals surface area contributed by atoms with Gasteiger partial charge in [-0.1, -0.05) is 12.1 Å². The lowest BCUT2D eigenvalue weighted by molar-refractivity contribution is -0.197. The van der Waals surface area contributed by atoms with Gasteiger partial charge in [-0.25, -0.2) is 10.0 Å². The molecule has 4 nitrogen and oxygen atoms in total. The number of hydrogen-bond acceptors (Lipinski definition) is 4. The predicted octanol–water partition coefficient (Wildman–Crippen LogP) is 2.78. The summed E-state index contributed by atoms with van der Waals surface area (Å²) in [5.41, 5.74) is 1.02. The molecule has 1 saturated heterocycles. The third-order valence-electron chi connectivity index (χ3n) is 3.17. The highest BCUT2D eigenvalue weighted by atomic mass is 32.1. The second kappa shape index (κ2) is 5.67. The maximum atomic E-state index is 12.0. The van der Waals surface area contributed by atoms with Crippen molar-refractivity contribution in [2.45, 2.75) is 25.7 Å². The van der Waals surface area contributed by atoms with Crippen LogP contribution in [0.5, 0.6) is 0 Å². The van der Waals surface area contributed by atoms with E-state index in [2.05, 4.69) is 11.1 Å². The summed E-state index contributed by atoms with van der Waals surface area (Å²) in [5.74, 6) is 0.0685. The SMILES string of the molecule is O=C(CCc1nc2ccccc2s1)N1CCCCO1. The number of aryl methyl sites for hydroxylation is 1. The lowest BCUT2D eigenvalue weighted by Crippen LogP contribution is -2.35. The van der Waals surface area contributed by atoms with E-state index in [4.69, 9.17) is 4.84 Å². The molecule has 1 aromatic heterocycles. The Morgan fingerprint density at radius 3 is 3.05 bits per heavy atom. The lowest BCUT2D eigenvalue weighted by atomic mass is 10.2. The van der Waals surface area contributed by atoms with Gasteiger partial charge in [0.25, 0.3) is 0 Å². The maximum absolute atomic E-state index is 12.0. The molecule has 0 spiro atoms. The Labute approximate surface area is 116 Å². The number of para-hydroxylation sites is 1. The molecular formula is C14H16N2O2S. The lowest BCUT2D eigenvalue weighted by Gasteiger charge is -2.25. The first kappa shape index (κ1) is 12.6. The number of amides is 1. The molecule has 0 saturated carbocycles. The number of rotatable bonds is 3. The normalized spacial score (nSPS) is 15.9. The van der Waals surface area contributed by atoms with Gasteiger partial charge in [0.2, 0.25) is 5.91 Å². The average molecular weight is 276 g/mol. The molecule has 3 rings (SSSR count). The Bertz CT molecular complexity index is 543. The summed E-state index contributed by atoms with van der Waals surface area (Å²) < 4.78 is 1.18. The fourth-order valence-electron chi connectivity index (χ4n) is 2.16. The number of carbonyl (C=O) groups is 1. The van der Waals surface area contributed by atoms with E-state index in [1.54, 1.807) is 11.3 Å². The van der Waals surface area contributed by atoms with Crippen LogP contribution < -0.4 is 0 Å². The Morgan fingerprint density at radius 1 is 1.37 bits per heavy atom. The minimum absolute atomic E-state index is 0.0685. The standard InChI is InChI=1S/C14H16N2O2S/c17-14(16-9-3-4-10-18-16)8-7-13-15-11-5-1-2-6-12(11)19-13/h1-2,5-6H,3-4,7-10H2. The van der Waals surface area contributed by atoms with Crippen molar-refractivity contribution in [3.8, 4) is 0 Å². The molecule has 0 bridgehead atoms. The van der Waals surface area contributed by atoms with Crippen molar-refractivity contribution in [2.75, 3.05) is 13.2 Å².